The Hall–Kier alpha value is -3.40. The number of methoxy groups -OCH3 is 1. The largest absolute Gasteiger partial charge is 0.495 e. The topological polar surface area (TPSA) is 122 Å². The first-order valence-corrected chi connectivity index (χ1v) is 10.1. The van der Waals surface area contributed by atoms with Gasteiger partial charge in [-0.3, -0.25) is 14.4 Å². The molecule has 29 heavy (non-hydrogen) atoms. The Morgan fingerprint density at radius 3 is 2.48 bits per heavy atom. The predicted molar refractivity (Wildman–Crippen MR) is 105 cm³/mol. The summed E-state index contributed by atoms with van der Waals surface area (Å²) in [5, 5.41) is 5.21. The summed E-state index contributed by atoms with van der Waals surface area (Å²) in [5.74, 6) is -1.07. The van der Waals surface area contributed by atoms with E-state index in [-0.39, 0.29) is 29.3 Å². The molecule has 3 rings (SSSR count). The summed E-state index contributed by atoms with van der Waals surface area (Å²) in [6, 6.07) is 10.6. The van der Waals surface area contributed by atoms with Crippen LogP contribution < -0.4 is 15.4 Å². The van der Waals surface area contributed by atoms with Crippen molar-refractivity contribution in [1.82, 2.24) is 4.31 Å². The third kappa shape index (κ3) is 4.06. The van der Waals surface area contributed by atoms with Gasteiger partial charge in [-0.05, 0) is 30.3 Å². The van der Waals surface area contributed by atoms with Crippen LogP contribution in [-0.2, 0) is 19.6 Å². The van der Waals surface area contributed by atoms with E-state index in [9.17, 15) is 22.8 Å². The zero-order chi connectivity index (χ0) is 21.2. The van der Waals surface area contributed by atoms with Crippen molar-refractivity contribution in [1.29, 1.82) is 0 Å². The lowest BCUT2D eigenvalue weighted by Gasteiger charge is -2.16. The first kappa shape index (κ1) is 20.3. The summed E-state index contributed by atoms with van der Waals surface area (Å²) in [5.41, 5.74) is 0.863. The van der Waals surface area contributed by atoms with Crippen LogP contribution in [-0.4, -0.2) is 44.1 Å². The van der Waals surface area contributed by atoms with Crippen LogP contribution in [0.2, 0.25) is 0 Å². The summed E-state index contributed by atoms with van der Waals surface area (Å²) in [6.07, 6.45) is -0.244. The summed E-state index contributed by atoms with van der Waals surface area (Å²) >= 11 is 0. The molecule has 0 fully saturated rings. The number of nitrogens with zero attached hydrogens (tertiary/aromatic N) is 1. The van der Waals surface area contributed by atoms with Crippen LogP contribution in [0.3, 0.4) is 0 Å². The molecule has 1 aliphatic rings. The molecule has 3 amide bonds. The van der Waals surface area contributed by atoms with Crippen molar-refractivity contribution in [2.45, 2.75) is 18.2 Å². The molecule has 0 atom stereocenters. The van der Waals surface area contributed by atoms with Crippen LogP contribution in [0.4, 0.5) is 11.4 Å². The van der Waals surface area contributed by atoms with Crippen molar-refractivity contribution in [3.8, 4) is 5.75 Å². The second-order valence-corrected chi connectivity index (χ2v) is 8.10. The normalized spacial score (nSPS) is 14.3. The smallest absolute Gasteiger partial charge is 0.269 e. The fourth-order valence-corrected chi connectivity index (χ4v) is 4.52. The summed E-state index contributed by atoms with van der Waals surface area (Å²) in [4.78, 5) is 35.9. The van der Waals surface area contributed by atoms with E-state index in [0.29, 0.717) is 21.4 Å². The molecule has 2 N–H and O–H groups in total. The van der Waals surface area contributed by atoms with Crippen LogP contribution in [0.5, 0.6) is 5.75 Å². The van der Waals surface area contributed by atoms with Gasteiger partial charge in [0.1, 0.15) is 10.6 Å². The third-order valence-corrected chi connectivity index (χ3v) is 6.09. The number of benzene rings is 2. The van der Waals surface area contributed by atoms with Gasteiger partial charge in [0.25, 0.3) is 15.9 Å². The molecule has 1 aliphatic heterocycles. The van der Waals surface area contributed by atoms with E-state index in [1.807, 2.05) is 0 Å². The van der Waals surface area contributed by atoms with Crippen LogP contribution in [0.1, 0.15) is 23.7 Å². The minimum Gasteiger partial charge on any atom is -0.495 e. The number of nitrogens with one attached hydrogen (secondary N) is 2. The Morgan fingerprint density at radius 2 is 1.83 bits per heavy atom. The van der Waals surface area contributed by atoms with Crippen molar-refractivity contribution < 1.29 is 27.5 Å². The average Bonchev–Trinajstić information content (AvgIpc) is 2.86. The van der Waals surface area contributed by atoms with E-state index < -0.39 is 21.8 Å². The number of ether oxygens (including phenoxy) is 1. The standard InChI is InChI=1S/C19H19N3O6S/c1-12(23)20-13-7-8-16(28-2)15(11-13)21-18(24)9-10-22-19(25)14-5-3-4-6-17(14)29(22,26)27/h3-8,11H,9-10H2,1-2H3,(H,20,23)(H,21,24). The summed E-state index contributed by atoms with van der Waals surface area (Å²) in [7, 11) is -2.54. The van der Waals surface area contributed by atoms with Gasteiger partial charge in [-0.15, -0.1) is 0 Å². The molecule has 2 aromatic rings. The van der Waals surface area contributed by atoms with E-state index in [1.54, 1.807) is 18.2 Å². The number of carbonyl (C=O) groups is 3. The molecule has 10 heteroatoms. The highest BCUT2D eigenvalue weighted by Gasteiger charge is 2.40. The summed E-state index contributed by atoms with van der Waals surface area (Å²) < 4.78 is 30.9. The molecule has 9 nitrogen and oxygen atoms in total. The van der Waals surface area contributed by atoms with Crippen LogP contribution in [0, 0.1) is 0 Å². The van der Waals surface area contributed by atoms with Gasteiger partial charge in [-0.2, -0.15) is 0 Å². The molecular formula is C19H19N3O6S. The highest BCUT2D eigenvalue weighted by atomic mass is 32.2. The van der Waals surface area contributed by atoms with Gasteiger partial charge in [0.15, 0.2) is 0 Å². The van der Waals surface area contributed by atoms with Gasteiger partial charge in [-0.1, -0.05) is 12.1 Å². The molecule has 0 unspecified atom stereocenters. The molecule has 0 aliphatic carbocycles. The second kappa shape index (κ2) is 7.92. The monoisotopic (exact) mass is 417 g/mol. The number of carbonyl (C=O) groups excluding carboxylic acids is 3. The van der Waals surface area contributed by atoms with Crippen LogP contribution >= 0.6 is 0 Å². The number of sulfonamides is 1. The van der Waals surface area contributed by atoms with E-state index in [2.05, 4.69) is 10.6 Å². The highest BCUT2D eigenvalue weighted by molar-refractivity contribution is 7.90. The number of rotatable bonds is 6. The van der Waals surface area contributed by atoms with Gasteiger partial charge < -0.3 is 15.4 Å². The molecule has 1 heterocycles. The first-order chi connectivity index (χ1) is 13.7. The van der Waals surface area contributed by atoms with Crippen molar-refractivity contribution >= 4 is 39.1 Å². The quantitative estimate of drug-likeness (QED) is 0.739. The molecule has 0 spiro atoms. The Balaban J connectivity index is 1.71. The molecular weight excluding hydrogens is 398 g/mol. The van der Waals surface area contributed by atoms with E-state index in [4.69, 9.17) is 4.74 Å². The molecule has 152 valence electrons. The van der Waals surface area contributed by atoms with Gasteiger partial charge in [-0.25, -0.2) is 12.7 Å². The molecule has 2 aromatic carbocycles. The Labute approximate surface area is 167 Å². The van der Waals surface area contributed by atoms with Crippen molar-refractivity contribution in [3.63, 3.8) is 0 Å². The zero-order valence-electron chi connectivity index (χ0n) is 15.8. The first-order valence-electron chi connectivity index (χ1n) is 8.65. The van der Waals surface area contributed by atoms with E-state index in [0.717, 1.165) is 0 Å². The Morgan fingerprint density at radius 1 is 1.10 bits per heavy atom. The molecule has 0 bridgehead atoms. The second-order valence-electron chi connectivity index (χ2n) is 6.27. The average molecular weight is 417 g/mol. The highest BCUT2D eigenvalue weighted by Crippen LogP contribution is 2.31. The van der Waals surface area contributed by atoms with Crippen LogP contribution in [0.25, 0.3) is 0 Å². The number of anilines is 2. The predicted octanol–water partition coefficient (Wildman–Crippen LogP) is 1.83. The minimum absolute atomic E-state index is 0.0601. The Kier molecular flexibility index (Phi) is 5.55. The van der Waals surface area contributed by atoms with Crippen LogP contribution in [0.15, 0.2) is 47.4 Å². The number of hydrogen-bond donors (Lipinski definition) is 2. The van der Waals surface area contributed by atoms with Gasteiger partial charge in [0.05, 0.1) is 18.4 Å². The number of fused-ring (bicyclic) bond motifs is 1. The van der Waals surface area contributed by atoms with Crippen molar-refractivity contribution in [2.24, 2.45) is 0 Å². The molecule has 0 saturated carbocycles. The number of hydrogen-bond acceptors (Lipinski definition) is 6. The number of amides is 3. The zero-order valence-corrected chi connectivity index (χ0v) is 16.6. The fraction of sp³-hybridized carbons (Fsp3) is 0.211. The molecule has 0 aromatic heterocycles. The summed E-state index contributed by atoms with van der Waals surface area (Å²) in [6.45, 7) is 1.06. The molecule has 0 saturated heterocycles. The maximum absolute atomic E-state index is 12.5. The fourth-order valence-electron chi connectivity index (χ4n) is 2.95. The maximum Gasteiger partial charge on any atom is 0.269 e. The van der Waals surface area contributed by atoms with Gasteiger partial charge >= 0.3 is 0 Å². The molecule has 0 radical (unpaired) electrons. The van der Waals surface area contributed by atoms with Gasteiger partial charge in [0, 0.05) is 25.6 Å². The Bertz CT molecular complexity index is 1100. The van der Waals surface area contributed by atoms with E-state index in [1.165, 1.54) is 38.3 Å². The van der Waals surface area contributed by atoms with Gasteiger partial charge in [0.2, 0.25) is 11.8 Å². The maximum atomic E-state index is 12.5. The van der Waals surface area contributed by atoms with E-state index >= 15 is 0 Å². The lowest BCUT2D eigenvalue weighted by Crippen LogP contribution is -2.33. The minimum atomic E-state index is -3.97. The third-order valence-electron chi connectivity index (χ3n) is 4.25. The lowest BCUT2D eigenvalue weighted by molar-refractivity contribution is -0.116. The van der Waals surface area contributed by atoms with Crippen molar-refractivity contribution in [2.75, 3.05) is 24.3 Å². The van der Waals surface area contributed by atoms with Crippen molar-refractivity contribution in [3.05, 3.63) is 48.0 Å². The SMILES string of the molecule is COc1ccc(NC(C)=O)cc1NC(=O)CCN1C(=O)c2ccccc2S1(=O)=O. The lowest BCUT2D eigenvalue weighted by atomic mass is 10.2.